The quantitative estimate of drug-likeness (QED) is 0.375. The van der Waals surface area contributed by atoms with Gasteiger partial charge in [-0.3, -0.25) is 4.79 Å². The van der Waals surface area contributed by atoms with Gasteiger partial charge in [0, 0.05) is 16.9 Å². The lowest BCUT2D eigenvalue weighted by Gasteiger charge is -2.30. The summed E-state index contributed by atoms with van der Waals surface area (Å²) in [6.07, 6.45) is 0. The SMILES string of the molecule is COc1ccccc1-c1nc2n(n1)C(c1cccc(OC)c1OC)C(C(=O)Nc1ccccc1)=C(C)N2. The Bertz CT molecular complexity index is 1480. The van der Waals surface area contributed by atoms with Crippen LogP contribution in [0.2, 0.25) is 0 Å². The molecule has 0 saturated carbocycles. The van der Waals surface area contributed by atoms with Crippen LogP contribution < -0.4 is 24.8 Å². The summed E-state index contributed by atoms with van der Waals surface area (Å²) in [5.74, 6) is 2.38. The molecule has 1 aliphatic heterocycles. The molecule has 1 aromatic heterocycles. The molecular weight excluding hydrogens is 470 g/mol. The smallest absolute Gasteiger partial charge is 0.255 e. The van der Waals surface area contributed by atoms with E-state index in [2.05, 4.69) is 10.6 Å². The van der Waals surface area contributed by atoms with Crippen LogP contribution in [0, 0.1) is 0 Å². The third-order valence-corrected chi connectivity index (χ3v) is 6.20. The second-order valence-corrected chi connectivity index (χ2v) is 8.37. The summed E-state index contributed by atoms with van der Waals surface area (Å²) in [5, 5.41) is 11.1. The number of nitrogens with one attached hydrogen (secondary N) is 2. The highest BCUT2D eigenvalue weighted by Crippen LogP contribution is 2.43. The average Bonchev–Trinajstić information content (AvgIpc) is 3.35. The Morgan fingerprint density at radius 1 is 0.892 bits per heavy atom. The summed E-state index contributed by atoms with van der Waals surface area (Å²) in [6.45, 7) is 1.85. The number of benzene rings is 3. The van der Waals surface area contributed by atoms with Crippen molar-refractivity contribution in [2.24, 2.45) is 0 Å². The number of rotatable bonds is 7. The van der Waals surface area contributed by atoms with Gasteiger partial charge in [-0.25, -0.2) is 4.68 Å². The zero-order valence-corrected chi connectivity index (χ0v) is 21.0. The van der Waals surface area contributed by atoms with Crippen molar-refractivity contribution in [3.8, 4) is 28.6 Å². The van der Waals surface area contributed by atoms with Gasteiger partial charge in [0.1, 0.15) is 11.8 Å². The molecule has 5 rings (SSSR count). The van der Waals surface area contributed by atoms with E-state index in [0.717, 1.165) is 5.56 Å². The first-order valence-corrected chi connectivity index (χ1v) is 11.7. The van der Waals surface area contributed by atoms with Crippen LogP contribution in [0.5, 0.6) is 17.2 Å². The Balaban J connectivity index is 1.68. The number of anilines is 2. The summed E-state index contributed by atoms with van der Waals surface area (Å²) >= 11 is 0. The Labute approximate surface area is 214 Å². The van der Waals surface area contributed by atoms with Crippen molar-refractivity contribution < 1.29 is 19.0 Å². The first kappa shape index (κ1) is 23.9. The molecular formula is C28H27N5O4. The van der Waals surface area contributed by atoms with E-state index in [0.29, 0.717) is 51.5 Å². The minimum Gasteiger partial charge on any atom is -0.496 e. The Kier molecular flexibility index (Phi) is 6.51. The van der Waals surface area contributed by atoms with Crippen LogP contribution in [0.4, 0.5) is 11.6 Å². The standard InChI is InChI=1S/C28H27N5O4/c1-17-23(27(34)30-18-11-6-5-7-12-18)24(20-14-10-16-22(36-3)25(20)37-4)33-28(29-17)31-26(32-33)19-13-8-9-15-21(19)35-2/h5-16,24H,1-4H3,(H,30,34)(H,29,31,32). The highest BCUT2D eigenvalue weighted by molar-refractivity contribution is 6.06. The van der Waals surface area contributed by atoms with Gasteiger partial charge in [-0.1, -0.05) is 42.5 Å². The third kappa shape index (κ3) is 4.35. The topological polar surface area (TPSA) is 99.5 Å². The summed E-state index contributed by atoms with van der Waals surface area (Å²) in [6, 6.07) is 21.8. The van der Waals surface area contributed by atoms with E-state index in [1.165, 1.54) is 0 Å². The molecule has 0 spiro atoms. The van der Waals surface area contributed by atoms with Gasteiger partial charge in [0.05, 0.1) is 32.5 Å². The molecule has 2 N–H and O–H groups in total. The lowest BCUT2D eigenvalue weighted by Crippen LogP contribution is -2.31. The number of methoxy groups -OCH3 is 3. The Hall–Kier alpha value is -4.79. The van der Waals surface area contributed by atoms with E-state index in [1.807, 2.05) is 79.7 Å². The summed E-state index contributed by atoms with van der Waals surface area (Å²) in [5.41, 5.74) is 3.24. The third-order valence-electron chi connectivity index (χ3n) is 6.20. The summed E-state index contributed by atoms with van der Waals surface area (Å²) in [4.78, 5) is 18.5. The molecule has 0 fully saturated rings. The first-order chi connectivity index (χ1) is 18.0. The number of amides is 1. The average molecular weight is 498 g/mol. The molecule has 0 radical (unpaired) electrons. The minimum atomic E-state index is -0.652. The van der Waals surface area contributed by atoms with Gasteiger partial charge < -0.3 is 24.8 Å². The van der Waals surface area contributed by atoms with E-state index in [1.54, 1.807) is 26.0 Å². The second-order valence-electron chi connectivity index (χ2n) is 8.37. The summed E-state index contributed by atoms with van der Waals surface area (Å²) in [7, 11) is 4.76. The van der Waals surface area contributed by atoms with Gasteiger partial charge in [-0.15, -0.1) is 5.10 Å². The maximum Gasteiger partial charge on any atom is 0.255 e. The minimum absolute atomic E-state index is 0.272. The number of carbonyl (C=O) groups excluding carboxylic acids is 1. The maximum absolute atomic E-state index is 13.7. The van der Waals surface area contributed by atoms with Crippen molar-refractivity contribution in [3.63, 3.8) is 0 Å². The van der Waals surface area contributed by atoms with Crippen LogP contribution >= 0.6 is 0 Å². The van der Waals surface area contributed by atoms with Gasteiger partial charge >= 0.3 is 0 Å². The molecule has 9 nitrogen and oxygen atoms in total. The van der Waals surface area contributed by atoms with E-state index < -0.39 is 6.04 Å². The predicted molar refractivity (Wildman–Crippen MR) is 141 cm³/mol. The van der Waals surface area contributed by atoms with Crippen LogP contribution in [-0.2, 0) is 4.79 Å². The normalized spacial score (nSPS) is 14.4. The fraction of sp³-hybridized carbons (Fsp3) is 0.179. The molecule has 4 aromatic rings. The highest BCUT2D eigenvalue weighted by Gasteiger charge is 2.37. The number of allylic oxidation sites excluding steroid dienone is 1. The van der Waals surface area contributed by atoms with Crippen LogP contribution in [0.3, 0.4) is 0 Å². The highest BCUT2D eigenvalue weighted by atomic mass is 16.5. The number of aromatic nitrogens is 3. The lowest BCUT2D eigenvalue weighted by molar-refractivity contribution is -0.113. The van der Waals surface area contributed by atoms with Crippen LogP contribution in [0.25, 0.3) is 11.4 Å². The van der Waals surface area contributed by atoms with Crippen molar-refractivity contribution in [3.05, 3.63) is 89.6 Å². The van der Waals surface area contributed by atoms with Crippen molar-refractivity contribution in [1.82, 2.24) is 14.8 Å². The maximum atomic E-state index is 13.7. The van der Waals surface area contributed by atoms with Crippen molar-refractivity contribution >= 4 is 17.5 Å². The van der Waals surface area contributed by atoms with Crippen LogP contribution in [0.15, 0.2) is 84.1 Å². The molecule has 1 unspecified atom stereocenters. The molecule has 1 aliphatic rings. The number of fused-ring (bicyclic) bond motifs is 1. The second kappa shape index (κ2) is 10.1. The Morgan fingerprint density at radius 2 is 1.59 bits per heavy atom. The van der Waals surface area contributed by atoms with E-state index in [4.69, 9.17) is 24.3 Å². The molecule has 0 bridgehead atoms. The van der Waals surface area contributed by atoms with E-state index in [9.17, 15) is 4.79 Å². The zero-order chi connectivity index (χ0) is 25.9. The zero-order valence-electron chi connectivity index (χ0n) is 21.0. The number of hydrogen-bond donors (Lipinski definition) is 2. The number of carbonyl (C=O) groups is 1. The largest absolute Gasteiger partial charge is 0.496 e. The molecule has 3 aromatic carbocycles. The van der Waals surface area contributed by atoms with Gasteiger partial charge in [-0.05, 0) is 37.3 Å². The van der Waals surface area contributed by atoms with Crippen molar-refractivity contribution in [2.45, 2.75) is 13.0 Å². The van der Waals surface area contributed by atoms with Gasteiger partial charge in [0.15, 0.2) is 17.3 Å². The first-order valence-electron chi connectivity index (χ1n) is 11.7. The molecule has 188 valence electrons. The molecule has 0 saturated heterocycles. The molecule has 37 heavy (non-hydrogen) atoms. The molecule has 2 heterocycles. The number of ether oxygens (including phenoxy) is 3. The van der Waals surface area contributed by atoms with E-state index in [-0.39, 0.29) is 5.91 Å². The number of hydrogen-bond acceptors (Lipinski definition) is 7. The van der Waals surface area contributed by atoms with Crippen molar-refractivity contribution in [2.75, 3.05) is 32.0 Å². The van der Waals surface area contributed by atoms with Crippen molar-refractivity contribution in [1.29, 1.82) is 0 Å². The lowest BCUT2D eigenvalue weighted by atomic mass is 9.94. The molecule has 1 atom stereocenters. The predicted octanol–water partition coefficient (Wildman–Crippen LogP) is 4.90. The Morgan fingerprint density at radius 3 is 2.32 bits per heavy atom. The van der Waals surface area contributed by atoms with Gasteiger partial charge in [0.25, 0.3) is 5.91 Å². The van der Waals surface area contributed by atoms with Gasteiger partial charge in [-0.2, -0.15) is 4.98 Å². The summed E-state index contributed by atoms with van der Waals surface area (Å²) < 4.78 is 18.6. The number of nitrogens with zero attached hydrogens (tertiary/aromatic N) is 3. The molecule has 9 heteroatoms. The monoisotopic (exact) mass is 497 g/mol. The fourth-order valence-corrected chi connectivity index (χ4v) is 4.52. The van der Waals surface area contributed by atoms with Gasteiger partial charge in [0.2, 0.25) is 5.95 Å². The molecule has 0 aliphatic carbocycles. The molecule has 1 amide bonds. The number of para-hydroxylation sites is 3. The fourth-order valence-electron chi connectivity index (χ4n) is 4.52. The van der Waals surface area contributed by atoms with E-state index >= 15 is 0 Å². The van der Waals surface area contributed by atoms with Crippen LogP contribution in [-0.4, -0.2) is 42.0 Å². The van der Waals surface area contributed by atoms with Crippen LogP contribution in [0.1, 0.15) is 18.5 Å².